The van der Waals surface area contributed by atoms with Crippen molar-refractivity contribution in [3.8, 4) is 0 Å². The smallest absolute Gasteiger partial charge is 0.391 e. The average molecular weight is 302 g/mol. The lowest BCUT2D eigenvalue weighted by Gasteiger charge is -2.36. The van der Waals surface area contributed by atoms with Crippen molar-refractivity contribution in [2.75, 3.05) is 6.54 Å². The van der Waals surface area contributed by atoms with Crippen LogP contribution < -0.4 is 5.73 Å². The highest BCUT2D eigenvalue weighted by Gasteiger charge is 2.44. The van der Waals surface area contributed by atoms with Crippen molar-refractivity contribution in [3.63, 3.8) is 0 Å². The lowest BCUT2D eigenvalue weighted by atomic mass is 9.74. The molecule has 1 heterocycles. The van der Waals surface area contributed by atoms with Gasteiger partial charge >= 0.3 is 6.18 Å². The fourth-order valence-corrected chi connectivity index (χ4v) is 3.25. The SMILES string of the molecule is NCC(c1ccncc1)C(O)C1CCCC(C(F)(F)F)C1. The van der Waals surface area contributed by atoms with E-state index in [0.717, 1.165) is 5.56 Å². The van der Waals surface area contributed by atoms with Gasteiger partial charge in [-0.25, -0.2) is 0 Å². The second-order valence-corrected chi connectivity index (χ2v) is 5.78. The largest absolute Gasteiger partial charge is 0.392 e. The van der Waals surface area contributed by atoms with E-state index in [-0.39, 0.29) is 31.2 Å². The zero-order valence-corrected chi connectivity index (χ0v) is 11.8. The quantitative estimate of drug-likeness (QED) is 0.899. The van der Waals surface area contributed by atoms with Crippen LogP contribution in [0, 0.1) is 11.8 Å². The van der Waals surface area contributed by atoms with Crippen LogP contribution in [0.5, 0.6) is 0 Å². The third-order valence-corrected chi connectivity index (χ3v) is 4.46. The molecule has 0 spiro atoms. The highest BCUT2D eigenvalue weighted by molar-refractivity contribution is 5.18. The number of aromatic nitrogens is 1. The third-order valence-electron chi connectivity index (χ3n) is 4.46. The molecular weight excluding hydrogens is 281 g/mol. The van der Waals surface area contributed by atoms with E-state index in [2.05, 4.69) is 4.98 Å². The zero-order chi connectivity index (χ0) is 15.5. The van der Waals surface area contributed by atoms with Gasteiger partial charge in [0.05, 0.1) is 12.0 Å². The molecule has 1 aromatic heterocycles. The number of halogens is 3. The summed E-state index contributed by atoms with van der Waals surface area (Å²) >= 11 is 0. The first-order chi connectivity index (χ1) is 9.93. The number of nitrogens with two attached hydrogens (primary N) is 1. The minimum Gasteiger partial charge on any atom is -0.392 e. The second-order valence-electron chi connectivity index (χ2n) is 5.78. The molecule has 1 aliphatic rings. The molecular formula is C15H21F3N2O. The van der Waals surface area contributed by atoms with Crippen molar-refractivity contribution in [2.24, 2.45) is 17.6 Å². The van der Waals surface area contributed by atoms with E-state index < -0.39 is 18.2 Å². The molecule has 1 fully saturated rings. The molecule has 3 nitrogen and oxygen atoms in total. The van der Waals surface area contributed by atoms with Gasteiger partial charge in [0.15, 0.2) is 0 Å². The normalized spacial score (nSPS) is 26.3. The molecule has 0 bridgehead atoms. The zero-order valence-electron chi connectivity index (χ0n) is 11.8. The first-order valence-electron chi connectivity index (χ1n) is 7.28. The molecule has 1 aliphatic carbocycles. The Bertz CT molecular complexity index is 438. The molecule has 0 radical (unpaired) electrons. The molecule has 0 aromatic carbocycles. The molecule has 4 unspecified atom stereocenters. The van der Waals surface area contributed by atoms with E-state index in [0.29, 0.717) is 12.8 Å². The van der Waals surface area contributed by atoms with Crippen LogP contribution in [0.25, 0.3) is 0 Å². The van der Waals surface area contributed by atoms with Gasteiger partial charge < -0.3 is 10.8 Å². The van der Waals surface area contributed by atoms with E-state index in [1.807, 2.05) is 0 Å². The molecule has 0 aliphatic heterocycles. The van der Waals surface area contributed by atoms with Gasteiger partial charge in [-0.15, -0.1) is 0 Å². The van der Waals surface area contributed by atoms with Crippen LogP contribution in [0.2, 0.25) is 0 Å². The average Bonchev–Trinajstić information content (AvgIpc) is 2.48. The molecule has 4 atom stereocenters. The van der Waals surface area contributed by atoms with Crippen molar-refractivity contribution in [3.05, 3.63) is 30.1 Å². The van der Waals surface area contributed by atoms with Gasteiger partial charge in [0.1, 0.15) is 0 Å². The monoisotopic (exact) mass is 302 g/mol. The minimum absolute atomic E-state index is 0.00769. The summed E-state index contributed by atoms with van der Waals surface area (Å²) in [6, 6.07) is 3.51. The number of aliphatic hydroxyl groups excluding tert-OH is 1. The molecule has 118 valence electrons. The maximum atomic E-state index is 12.9. The summed E-state index contributed by atoms with van der Waals surface area (Å²) in [4.78, 5) is 3.91. The number of pyridine rings is 1. The second kappa shape index (κ2) is 6.75. The Kier molecular flexibility index (Phi) is 5.22. The Morgan fingerprint density at radius 3 is 2.52 bits per heavy atom. The Morgan fingerprint density at radius 1 is 1.29 bits per heavy atom. The maximum Gasteiger partial charge on any atom is 0.391 e. The summed E-state index contributed by atoms with van der Waals surface area (Å²) in [6.07, 6.45) is -0.541. The standard InChI is InChI=1S/C15H21F3N2O/c16-15(17,18)12-3-1-2-11(8-12)14(21)13(9-19)10-4-6-20-7-5-10/h4-7,11-14,21H,1-3,8-9,19H2. The van der Waals surface area contributed by atoms with Crippen LogP contribution in [0.15, 0.2) is 24.5 Å². The van der Waals surface area contributed by atoms with Gasteiger partial charge in [0.2, 0.25) is 0 Å². The fraction of sp³-hybridized carbons (Fsp3) is 0.667. The van der Waals surface area contributed by atoms with E-state index >= 15 is 0 Å². The predicted octanol–water partition coefficient (Wildman–Crippen LogP) is 2.85. The van der Waals surface area contributed by atoms with Crippen molar-refractivity contribution >= 4 is 0 Å². The van der Waals surface area contributed by atoms with E-state index in [9.17, 15) is 18.3 Å². The molecule has 0 amide bonds. The number of alkyl halides is 3. The van der Waals surface area contributed by atoms with E-state index in [4.69, 9.17) is 5.73 Å². The number of aliphatic hydroxyl groups is 1. The summed E-state index contributed by atoms with van der Waals surface area (Å²) in [6.45, 7) is 0.207. The van der Waals surface area contributed by atoms with Crippen LogP contribution in [0.1, 0.15) is 37.2 Å². The number of hydrogen-bond acceptors (Lipinski definition) is 3. The third kappa shape index (κ3) is 3.95. The topological polar surface area (TPSA) is 59.1 Å². The molecule has 1 saturated carbocycles. The first kappa shape index (κ1) is 16.2. The van der Waals surface area contributed by atoms with Crippen molar-refractivity contribution < 1.29 is 18.3 Å². The van der Waals surface area contributed by atoms with Gasteiger partial charge in [-0.2, -0.15) is 13.2 Å². The Hall–Kier alpha value is -1.14. The Morgan fingerprint density at radius 2 is 1.95 bits per heavy atom. The molecule has 3 N–H and O–H groups in total. The molecule has 6 heteroatoms. The fourth-order valence-electron chi connectivity index (χ4n) is 3.25. The van der Waals surface area contributed by atoms with Crippen LogP contribution in [0.4, 0.5) is 13.2 Å². The number of rotatable bonds is 4. The van der Waals surface area contributed by atoms with Gasteiger partial charge in [0.25, 0.3) is 0 Å². The highest BCUT2D eigenvalue weighted by Crippen LogP contribution is 2.42. The minimum atomic E-state index is -4.17. The summed E-state index contributed by atoms with van der Waals surface area (Å²) in [7, 11) is 0. The van der Waals surface area contributed by atoms with E-state index in [1.165, 1.54) is 0 Å². The Labute approximate surface area is 122 Å². The molecule has 0 saturated heterocycles. The highest BCUT2D eigenvalue weighted by atomic mass is 19.4. The lowest BCUT2D eigenvalue weighted by molar-refractivity contribution is -0.189. The van der Waals surface area contributed by atoms with Crippen LogP contribution in [-0.4, -0.2) is 28.9 Å². The van der Waals surface area contributed by atoms with Gasteiger partial charge in [-0.05, 0) is 42.9 Å². The first-order valence-corrected chi connectivity index (χ1v) is 7.28. The summed E-state index contributed by atoms with van der Waals surface area (Å²) in [5, 5.41) is 10.5. The summed E-state index contributed by atoms with van der Waals surface area (Å²) in [5.74, 6) is -2.00. The number of nitrogens with zero attached hydrogens (tertiary/aromatic N) is 1. The Balaban J connectivity index is 2.09. The van der Waals surface area contributed by atoms with Crippen LogP contribution in [0.3, 0.4) is 0 Å². The predicted molar refractivity (Wildman–Crippen MR) is 73.5 cm³/mol. The van der Waals surface area contributed by atoms with Gasteiger partial charge in [-0.1, -0.05) is 6.42 Å². The van der Waals surface area contributed by atoms with Crippen LogP contribution in [-0.2, 0) is 0 Å². The van der Waals surface area contributed by atoms with E-state index in [1.54, 1.807) is 24.5 Å². The maximum absolute atomic E-state index is 12.9. The lowest BCUT2D eigenvalue weighted by Crippen LogP contribution is -2.38. The molecule has 2 rings (SSSR count). The number of hydrogen-bond donors (Lipinski definition) is 2. The van der Waals surface area contributed by atoms with Crippen LogP contribution >= 0.6 is 0 Å². The summed E-state index contributed by atoms with van der Waals surface area (Å²) < 4.78 is 38.6. The van der Waals surface area contributed by atoms with Gasteiger partial charge in [-0.3, -0.25) is 4.98 Å². The van der Waals surface area contributed by atoms with Crippen molar-refractivity contribution in [1.82, 2.24) is 4.98 Å². The summed E-state index contributed by atoms with van der Waals surface area (Å²) in [5.41, 5.74) is 6.56. The molecule has 1 aromatic rings. The van der Waals surface area contributed by atoms with Gasteiger partial charge in [0, 0.05) is 24.9 Å². The van der Waals surface area contributed by atoms with Crippen molar-refractivity contribution in [1.29, 1.82) is 0 Å². The van der Waals surface area contributed by atoms with Crippen molar-refractivity contribution in [2.45, 2.75) is 43.9 Å². The molecule has 21 heavy (non-hydrogen) atoms.